The second-order valence-corrected chi connectivity index (χ2v) is 4.24. The molecule has 4 heteroatoms. The number of ether oxygens (including phenoxy) is 1. The Labute approximate surface area is 104 Å². The van der Waals surface area contributed by atoms with Gasteiger partial charge in [0.1, 0.15) is 0 Å². The third-order valence-corrected chi connectivity index (χ3v) is 3.16. The van der Waals surface area contributed by atoms with E-state index >= 15 is 0 Å². The molecule has 0 bridgehead atoms. The second kappa shape index (κ2) is 6.77. The third-order valence-electron chi connectivity index (χ3n) is 3.16. The lowest BCUT2D eigenvalue weighted by Crippen LogP contribution is -2.14. The van der Waals surface area contributed by atoms with Gasteiger partial charge in [-0.15, -0.1) is 0 Å². The molecular formula is C13H25N3O. The van der Waals surface area contributed by atoms with E-state index in [1.165, 1.54) is 11.3 Å². The fourth-order valence-electron chi connectivity index (χ4n) is 2.19. The van der Waals surface area contributed by atoms with Crippen molar-refractivity contribution in [1.82, 2.24) is 9.78 Å². The van der Waals surface area contributed by atoms with Crippen LogP contribution >= 0.6 is 0 Å². The minimum atomic E-state index is 0.108. The van der Waals surface area contributed by atoms with Gasteiger partial charge in [-0.2, -0.15) is 5.10 Å². The van der Waals surface area contributed by atoms with Crippen LogP contribution < -0.4 is 5.73 Å². The molecule has 0 fully saturated rings. The van der Waals surface area contributed by atoms with Gasteiger partial charge in [0.05, 0.1) is 18.8 Å². The van der Waals surface area contributed by atoms with Crippen LogP contribution in [0.4, 0.5) is 0 Å². The molecule has 1 rings (SSSR count). The lowest BCUT2D eigenvalue weighted by molar-refractivity contribution is 0.182. The lowest BCUT2D eigenvalue weighted by atomic mass is 10.00. The molecule has 0 aromatic carbocycles. The molecule has 1 aromatic heterocycles. The summed E-state index contributed by atoms with van der Waals surface area (Å²) in [6.07, 6.45) is 2.87. The van der Waals surface area contributed by atoms with Gasteiger partial charge in [0.2, 0.25) is 0 Å². The highest BCUT2D eigenvalue weighted by molar-refractivity contribution is 5.30. The predicted octanol–water partition coefficient (Wildman–Crippen LogP) is 2.06. The van der Waals surface area contributed by atoms with E-state index in [2.05, 4.69) is 30.6 Å². The van der Waals surface area contributed by atoms with Crippen LogP contribution in [0.5, 0.6) is 0 Å². The van der Waals surface area contributed by atoms with Crippen LogP contribution in [-0.2, 0) is 24.1 Å². The first-order valence-corrected chi connectivity index (χ1v) is 6.52. The number of aryl methyl sites for hydroxylation is 1. The molecule has 1 heterocycles. The van der Waals surface area contributed by atoms with Gasteiger partial charge < -0.3 is 10.5 Å². The maximum Gasteiger partial charge on any atom is 0.0672 e. The van der Waals surface area contributed by atoms with E-state index in [4.69, 9.17) is 10.5 Å². The van der Waals surface area contributed by atoms with Crippen molar-refractivity contribution < 1.29 is 4.74 Å². The van der Waals surface area contributed by atoms with E-state index in [0.29, 0.717) is 6.61 Å². The Morgan fingerprint density at radius 2 is 2.00 bits per heavy atom. The summed E-state index contributed by atoms with van der Waals surface area (Å²) in [7, 11) is 1.72. The molecule has 0 amide bonds. The molecular weight excluding hydrogens is 214 g/mol. The van der Waals surface area contributed by atoms with Crippen LogP contribution in [0.25, 0.3) is 0 Å². The van der Waals surface area contributed by atoms with Crippen LogP contribution in [0.15, 0.2) is 0 Å². The number of hydrogen-bond donors (Lipinski definition) is 1. The molecule has 0 aliphatic rings. The number of nitrogens with two attached hydrogens (primary N) is 1. The average molecular weight is 239 g/mol. The maximum atomic E-state index is 6.20. The standard InChI is InChI=1S/C13H25N3O/c1-5-10(14)13-11(6-2)15-16(8-9-17-4)12(13)7-3/h10H,5-9,14H2,1-4H3. The molecule has 0 aliphatic carbocycles. The highest BCUT2D eigenvalue weighted by Crippen LogP contribution is 2.24. The van der Waals surface area contributed by atoms with E-state index in [1.807, 2.05) is 0 Å². The predicted molar refractivity (Wildman–Crippen MR) is 70.1 cm³/mol. The quantitative estimate of drug-likeness (QED) is 0.792. The fourth-order valence-corrected chi connectivity index (χ4v) is 2.19. The van der Waals surface area contributed by atoms with Gasteiger partial charge in [-0.3, -0.25) is 4.68 Å². The average Bonchev–Trinajstić information content (AvgIpc) is 2.72. The Bertz CT molecular complexity index is 347. The Kier molecular flexibility index (Phi) is 5.65. The van der Waals surface area contributed by atoms with Crippen molar-refractivity contribution in [2.45, 2.75) is 52.6 Å². The SMILES string of the molecule is CCc1nn(CCOC)c(CC)c1C(N)CC. The Hall–Kier alpha value is -0.870. The molecule has 4 nitrogen and oxygen atoms in total. The summed E-state index contributed by atoms with van der Waals surface area (Å²) in [6.45, 7) is 7.91. The van der Waals surface area contributed by atoms with Gasteiger partial charge in [-0.05, 0) is 19.3 Å². The molecule has 1 unspecified atom stereocenters. The summed E-state index contributed by atoms with van der Waals surface area (Å²) in [5, 5.41) is 4.66. The van der Waals surface area contributed by atoms with Crippen molar-refractivity contribution in [3.63, 3.8) is 0 Å². The zero-order chi connectivity index (χ0) is 12.8. The van der Waals surface area contributed by atoms with Gasteiger partial charge in [0.25, 0.3) is 0 Å². The zero-order valence-corrected chi connectivity index (χ0v) is 11.5. The van der Waals surface area contributed by atoms with Gasteiger partial charge in [-0.25, -0.2) is 0 Å². The van der Waals surface area contributed by atoms with Crippen molar-refractivity contribution in [1.29, 1.82) is 0 Å². The Morgan fingerprint density at radius 1 is 1.29 bits per heavy atom. The van der Waals surface area contributed by atoms with E-state index in [0.717, 1.165) is 31.5 Å². The molecule has 1 atom stereocenters. The van der Waals surface area contributed by atoms with Crippen molar-refractivity contribution >= 4 is 0 Å². The van der Waals surface area contributed by atoms with Crippen molar-refractivity contribution in [3.05, 3.63) is 17.0 Å². The largest absolute Gasteiger partial charge is 0.383 e. The molecule has 98 valence electrons. The first kappa shape index (κ1) is 14.2. The maximum absolute atomic E-state index is 6.20. The monoisotopic (exact) mass is 239 g/mol. The number of nitrogens with zero attached hydrogens (tertiary/aromatic N) is 2. The molecule has 0 radical (unpaired) electrons. The van der Waals surface area contributed by atoms with Gasteiger partial charge in [0, 0.05) is 24.4 Å². The number of hydrogen-bond acceptors (Lipinski definition) is 3. The smallest absolute Gasteiger partial charge is 0.0672 e. The Morgan fingerprint density at radius 3 is 2.47 bits per heavy atom. The normalized spacial score (nSPS) is 13.0. The van der Waals surface area contributed by atoms with Crippen molar-refractivity contribution in [2.24, 2.45) is 5.73 Å². The van der Waals surface area contributed by atoms with Crippen LogP contribution in [0, 0.1) is 0 Å². The fraction of sp³-hybridized carbons (Fsp3) is 0.769. The minimum Gasteiger partial charge on any atom is -0.383 e. The van der Waals surface area contributed by atoms with Gasteiger partial charge in [0.15, 0.2) is 0 Å². The summed E-state index contributed by atoms with van der Waals surface area (Å²) < 4.78 is 7.19. The van der Waals surface area contributed by atoms with E-state index < -0.39 is 0 Å². The van der Waals surface area contributed by atoms with Gasteiger partial charge >= 0.3 is 0 Å². The van der Waals surface area contributed by atoms with E-state index in [9.17, 15) is 0 Å². The molecule has 0 spiro atoms. The summed E-state index contributed by atoms with van der Waals surface area (Å²) in [5.41, 5.74) is 9.88. The summed E-state index contributed by atoms with van der Waals surface area (Å²) in [6, 6.07) is 0.108. The van der Waals surface area contributed by atoms with Gasteiger partial charge in [-0.1, -0.05) is 20.8 Å². The third kappa shape index (κ3) is 3.07. The van der Waals surface area contributed by atoms with Crippen LogP contribution in [0.2, 0.25) is 0 Å². The summed E-state index contributed by atoms with van der Waals surface area (Å²) in [5.74, 6) is 0. The molecule has 0 saturated heterocycles. The highest BCUT2D eigenvalue weighted by atomic mass is 16.5. The Balaban J connectivity index is 3.11. The van der Waals surface area contributed by atoms with Crippen LogP contribution in [-0.4, -0.2) is 23.5 Å². The number of methoxy groups -OCH3 is 1. The first-order chi connectivity index (χ1) is 8.19. The van der Waals surface area contributed by atoms with Crippen molar-refractivity contribution in [2.75, 3.05) is 13.7 Å². The number of rotatable bonds is 7. The van der Waals surface area contributed by atoms with Crippen molar-refractivity contribution in [3.8, 4) is 0 Å². The van der Waals surface area contributed by atoms with Crippen LogP contribution in [0.3, 0.4) is 0 Å². The molecule has 17 heavy (non-hydrogen) atoms. The highest BCUT2D eigenvalue weighted by Gasteiger charge is 2.19. The zero-order valence-electron chi connectivity index (χ0n) is 11.5. The van der Waals surface area contributed by atoms with E-state index in [1.54, 1.807) is 7.11 Å². The molecule has 0 saturated carbocycles. The molecule has 1 aromatic rings. The van der Waals surface area contributed by atoms with Crippen LogP contribution in [0.1, 0.15) is 50.2 Å². The molecule has 0 aliphatic heterocycles. The number of aromatic nitrogens is 2. The summed E-state index contributed by atoms with van der Waals surface area (Å²) >= 11 is 0. The lowest BCUT2D eigenvalue weighted by Gasteiger charge is -2.12. The van der Waals surface area contributed by atoms with E-state index in [-0.39, 0.29) is 6.04 Å². The minimum absolute atomic E-state index is 0.108. The molecule has 2 N–H and O–H groups in total. The first-order valence-electron chi connectivity index (χ1n) is 6.52. The topological polar surface area (TPSA) is 53.1 Å². The second-order valence-electron chi connectivity index (χ2n) is 4.24. The summed E-state index contributed by atoms with van der Waals surface area (Å²) in [4.78, 5) is 0.